The van der Waals surface area contributed by atoms with Gasteiger partial charge in [-0.2, -0.15) is 9.61 Å². The number of hydroxylamine groups is 1. The van der Waals surface area contributed by atoms with Crippen molar-refractivity contribution < 1.29 is 57.4 Å². The minimum absolute atomic E-state index is 0.00445. The van der Waals surface area contributed by atoms with E-state index in [-0.39, 0.29) is 56.7 Å². The average Bonchev–Trinajstić information content (AvgIpc) is 3.76. The number of amides is 2. The molecule has 2 amide bonds. The van der Waals surface area contributed by atoms with Gasteiger partial charge in [-0.25, -0.2) is 24.4 Å². The zero-order chi connectivity index (χ0) is 47.5. The number of anilines is 1. The molecular formula is C44H55N8O13P. The highest BCUT2D eigenvalue weighted by molar-refractivity contribution is 7.47. The van der Waals surface area contributed by atoms with Crippen LogP contribution in [0.3, 0.4) is 0 Å². The number of nitrogens with two attached hydrogens (primary N) is 2. The number of aromatic nitrogens is 2. The monoisotopic (exact) mass is 934 g/mol. The molecule has 354 valence electrons. The van der Waals surface area contributed by atoms with E-state index in [9.17, 15) is 38.8 Å². The minimum Gasteiger partial charge on any atom is -0.459 e. The van der Waals surface area contributed by atoms with Crippen LogP contribution >= 0.6 is 7.82 Å². The predicted octanol–water partition coefficient (Wildman–Crippen LogP) is 2.67. The van der Waals surface area contributed by atoms with Gasteiger partial charge in [-0.1, -0.05) is 92.2 Å². The van der Waals surface area contributed by atoms with E-state index in [2.05, 4.69) is 20.6 Å². The van der Waals surface area contributed by atoms with E-state index in [1.54, 1.807) is 0 Å². The Kier molecular flexibility index (Phi) is 16.7. The first kappa shape index (κ1) is 49.2. The first-order valence-electron chi connectivity index (χ1n) is 21.2. The number of phosphoric acid groups is 1. The molecule has 1 fully saturated rings. The number of rotatable bonds is 20. The summed E-state index contributed by atoms with van der Waals surface area (Å²) in [5.74, 6) is -2.12. The molecule has 0 bridgehead atoms. The molecule has 21 nitrogen and oxygen atoms in total. The number of nitrogens with zero attached hydrogens (tertiary/aromatic N) is 3. The molecule has 10 N–H and O–H groups in total. The molecule has 0 saturated carbocycles. The second-order valence-corrected chi connectivity index (χ2v) is 17.6. The summed E-state index contributed by atoms with van der Waals surface area (Å²) in [6, 6.07) is 22.2. The quantitative estimate of drug-likeness (QED) is 0.0158. The van der Waals surface area contributed by atoms with Gasteiger partial charge in [0.25, 0.3) is 0 Å². The SMILES string of the molecule is Cc1ccc(COC(=O)C(CC(C)C)NC(=O)C(CCCN=C(N)NOP(=O)(O)OC[C@H]2O[C@@H](n3ccc(N)nc3=O)[C@H](O)[C@@H]2O)NC(=O)OCC2c3ccccc3-c3ccccc32)cc1. The Morgan fingerprint density at radius 3 is 2.24 bits per heavy atom. The van der Waals surface area contributed by atoms with E-state index in [1.807, 2.05) is 99.0 Å². The molecule has 2 heterocycles. The number of nitrogens with one attached hydrogen (secondary N) is 3. The van der Waals surface area contributed by atoms with Gasteiger partial charge in [0.05, 0.1) is 6.61 Å². The number of aryl methyl sites for hydroxylation is 1. The van der Waals surface area contributed by atoms with Crippen LogP contribution in [0.25, 0.3) is 11.1 Å². The first-order valence-corrected chi connectivity index (χ1v) is 22.7. The van der Waals surface area contributed by atoms with E-state index >= 15 is 0 Å². The fourth-order valence-electron chi connectivity index (χ4n) is 7.49. The molecule has 6 rings (SSSR count). The van der Waals surface area contributed by atoms with E-state index in [0.717, 1.165) is 37.9 Å². The number of fused-ring (bicyclic) bond motifs is 3. The number of aliphatic hydroxyl groups excluding tert-OH is 2. The second kappa shape index (κ2) is 22.3. The van der Waals surface area contributed by atoms with Crippen LogP contribution in [0.4, 0.5) is 10.6 Å². The number of guanidine groups is 1. The molecule has 1 aliphatic heterocycles. The maximum Gasteiger partial charge on any atom is 0.493 e. The fourth-order valence-corrected chi connectivity index (χ4v) is 8.09. The number of carbonyl (C=O) groups excluding carboxylic acids is 3. The number of hydrogen-bond acceptors (Lipinski definition) is 15. The third-order valence-electron chi connectivity index (χ3n) is 10.8. The third kappa shape index (κ3) is 13.0. The number of aliphatic hydroxyl groups is 2. The number of hydrogen-bond donors (Lipinski definition) is 8. The van der Waals surface area contributed by atoms with Gasteiger partial charge in [-0.3, -0.25) is 18.9 Å². The smallest absolute Gasteiger partial charge is 0.459 e. The molecular weight excluding hydrogens is 880 g/mol. The third-order valence-corrected chi connectivity index (χ3v) is 11.6. The van der Waals surface area contributed by atoms with Gasteiger partial charge in [-0.15, -0.1) is 0 Å². The van der Waals surface area contributed by atoms with Gasteiger partial charge in [0.1, 0.15) is 49.4 Å². The van der Waals surface area contributed by atoms with Gasteiger partial charge in [0.2, 0.25) is 11.9 Å². The molecule has 66 heavy (non-hydrogen) atoms. The largest absolute Gasteiger partial charge is 0.493 e. The summed E-state index contributed by atoms with van der Waals surface area (Å²) in [6.45, 7) is 4.86. The fraction of sp³-hybridized carbons (Fsp3) is 0.409. The molecule has 0 spiro atoms. The lowest BCUT2D eigenvalue weighted by Gasteiger charge is -2.24. The minimum atomic E-state index is -4.94. The van der Waals surface area contributed by atoms with Crippen molar-refractivity contribution in [2.24, 2.45) is 16.6 Å². The number of alkyl carbamates (subject to hydrolysis) is 1. The molecule has 0 radical (unpaired) electrons. The van der Waals surface area contributed by atoms with E-state index in [1.165, 1.54) is 12.3 Å². The second-order valence-electron chi connectivity index (χ2n) is 16.3. The summed E-state index contributed by atoms with van der Waals surface area (Å²) < 4.78 is 39.9. The van der Waals surface area contributed by atoms with Crippen molar-refractivity contribution in [2.45, 2.75) is 89.2 Å². The van der Waals surface area contributed by atoms with Crippen molar-refractivity contribution in [3.63, 3.8) is 0 Å². The Morgan fingerprint density at radius 1 is 0.924 bits per heavy atom. The van der Waals surface area contributed by atoms with Crippen LogP contribution in [-0.4, -0.2) is 98.7 Å². The van der Waals surface area contributed by atoms with Gasteiger partial charge >= 0.3 is 25.6 Å². The van der Waals surface area contributed by atoms with E-state index in [0.29, 0.717) is 0 Å². The van der Waals surface area contributed by atoms with Crippen LogP contribution in [0.15, 0.2) is 94.8 Å². The van der Waals surface area contributed by atoms with Crippen molar-refractivity contribution in [2.75, 3.05) is 25.5 Å². The maximum absolute atomic E-state index is 13.9. The Morgan fingerprint density at radius 2 is 1.59 bits per heavy atom. The van der Waals surface area contributed by atoms with Crippen LogP contribution in [0.5, 0.6) is 0 Å². The number of aliphatic imine (C=N–C) groups is 1. The number of nitrogen functional groups attached to an aromatic ring is 1. The number of ether oxygens (including phenoxy) is 3. The summed E-state index contributed by atoms with van der Waals surface area (Å²) in [7, 11) is -4.94. The molecule has 7 atom stereocenters. The highest BCUT2D eigenvalue weighted by Crippen LogP contribution is 2.45. The van der Waals surface area contributed by atoms with Crippen molar-refractivity contribution in [1.82, 2.24) is 25.7 Å². The summed E-state index contributed by atoms with van der Waals surface area (Å²) in [5, 5.41) is 26.3. The van der Waals surface area contributed by atoms with Crippen molar-refractivity contribution >= 4 is 37.6 Å². The van der Waals surface area contributed by atoms with Crippen molar-refractivity contribution in [3.05, 3.63) is 118 Å². The average molecular weight is 935 g/mol. The predicted molar refractivity (Wildman–Crippen MR) is 239 cm³/mol. The van der Waals surface area contributed by atoms with Gasteiger partial charge in [0, 0.05) is 18.7 Å². The summed E-state index contributed by atoms with van der Waals surface area (Å²) in [6.07, 6.45) is -5.35. The molecule has 3 unspecified atom stereocenters. The van der Waals surface area contributed by atoms with Crippen LogP contribution in [0.1, 0.15) is 67.5 Å². The van der Waals surface area contributed by atoms with Crippen molar-refractivity contribution in [1.29, 1.82) is 0 Å². The number of esters is 1. The Labute approximate surface area is 380 Å². The van der Waals surface area contributed by atoms with Crippen LogP contribution in [0, 0.1) is 12.8 Å². The lowest BCUT2D eigenvalue weighted by atomic mass is 9.98. The zero-order valence-electron chi connectivity index (χ0n) is 36.5. The lowest BCUT2D eigenvalue weighted by molar-refractivity contribution is -0.149. The van der Waals surface area contributed by atoms with Gasteiger partial charge in [0.15, 0.2) is 6.23 Å². The van der Waals surface area contributed by atoms with Gasteiger partial charge < -0.3 is 51.4 Å². The Bertz CT molecular complexity index is 2430. The Hall–Kier alpha value is -6.19. The maximum atomic E-state index is 13.9. The number of carbonyl (C=O) groups is 3. The number of phosphoric ester groups is 1. The van der Waals surface area contributed by atoms with Gasteiger partial charge in [-0.05, 0) is 66.0 Å². The molecule has 1 aromatic heterocycles. The van der Waals surface area contributed by atoms with E-state index in [4.69, 9.17) is 34.8 Å². The van der Waals surface area contributed by atoms with E-state index < -0.39 is 80.7 Å². The first-order chi connectivity index (χ1) is 31.5. The van der Waals surface area contributed by atoms with Crippen LogP contribution in [-0.2, 0) is 44.1 Å². The Balaban J connectivity index is 1.05. The lowest BCUT2D eigenvalue weighted by Crippen LogP contribution is -2.52. The molecule has 3 aromatic carbocycles. The van der Waals surface area contributed by atoms with Crippen molar-refractivity contribution in [3.8, 4) is 11.1 Å². The number of benzene rings is 3. The molecule has 22 heteroatoms. The van der Waals surface area contributed by atoms with Crippen LogP contribution < -0.4 is 33.3 Å². The highest BCUT2D eigenvalue weighted by atomic mass is 31.2. The summed E-state index contributed by atoms with van der Waals surface area (Å²) in [5.41, 5.74) is 18.4. The summed E-state index contributed by atoms with van der Waals surface area (Å²) >= 11 is 0. The molecule has 1 aliphatic carbocycles. The zero-order valence-corrected chi connectivity index (χ0v) is 37.4. The normalized spacial score (nSPS) is 19.8. The van der Waals surface area contributed by atoms with Crippen LogP contribution in [0.2, 0.25) is 0 Å². The highest BCUT2D eigenvalue weighted by Gasteiger charge is 2.45. The summed E-state index contributed by atoms with van der Waals surface area (Å²) in [4.78, 5) is 70.7. The topological polar surface area (TPSA) is 310 Å². The molecule has 1 saturated heterocycles. The molecule has 4 aromatic rings. The standard InChI is InChI=1S/C44H55N8O13P/c1-25(2)21-34(41(56)61-22-27-16-14-26(3)15-17-27)48-39(55)33(49-44(58)62-23-32-30-11-6-4-9-28(30)29-10-5-7-12-31(29)32)13-8-19-47-42(46)51-65-66(59,60)63-24-35-37(53)38(54)40(64-35)52-20-18-36(45)50-43(52)57/h4-7,9-12,14-18,20,25,32-35,37-38,40,53-54H,8,13,19,21-24H2,1-3H3,(H,48,55)(H,49,58)(H,59,60)(H2,45,50,57)(H3,46,47,51)/t33?,34?,35-,37-,38-,40-/m1/s1. The molecule has 2 aliphatic rings.